The van der Waals surface area contributed by atoms with Crippen LogP contribution in [0, 0.1) is 0 Å². The van der Waals surface area contributed by atoms with Gasteiger partial charge in [0, 0.05) is 36.0 Å². The summed E-state index contributed by atoms with van der Waals surface area (Å²) in [6, 6.07) is 17.2. The average molecular weight is 386 g/mol. The summed E-state index contributed by atoms with van der Waals surface area (Å²) in [5, 5.41) is 3.56. The number of benzene rings is 2. The molecule has 0 unspecified atom stereocenters. The van der Waals surface area contributed by atoms with Gasteiger partial charge in [0.15, 0.2) is 0 Å². The third-order valence-electron chi connectivity index (χ3n) is 5.99. The van der Waals surface area contributed by atoms with E-state index in [2.05, 4.69) is 63.9 Å². The number of hydrogen-bond donors (Lipinski definition) is 2. The highest BCUT2D eigenvalue weighted by Gasteiger charge is 2.19. The molecule has 0 atom stereocenters. The number of para-hydroxylation sites is 1. The minimum absolute atomic E-state index is 0.825. The topological polar surface area (TPSA) is 40.3 Å². The predicted molar refractivity (Wildman–Crippen MR) is 120 cm³/mol. The van der Waals surface area contributed by atoms with Crippen LogP contribution in [0.5, 0.6) is 5.75 Å². The molecule has 3 heterocycles. The number of rotatable bonds is 5. The lowest BCUT2D eigenvalue weighted by Crippen LogP contribution is -2.18. The highest BCUT2D eigenvalue weighted by molar-refractivity contribution is 5.96. The highest BCUT2D eigenvalue weighted by Crippen LogP contribution is 2.39. The SMILES string of the molecule is COc1ccccc1-c1c[nH]c2c1C=C(c1cccc(CN3CCCC3)c1)CN2. The molecule has 4 heteroatoms. The second-order valence-electron chi connectivity index (χ2n) is 7.90. The average Bonchev–Trinajstić information content (AvgIpc) is 3.43. The summed E-state index contributed by atoms with van der Waals surface area (Å²) in [5.74, 6) is 1.96. The summed E-state index contributed by atoms with van der Waals surface area (Å²) in [6.07, 6.45) is 7.05. The molecule has 1 fully saturated rings. The van der Waals surface area contributed by atoms with E-state index in [4.69, 9.17) is 4.74 Å². The molecule has 0 radical (unpaired) electrons. The van der Waals surface area contributed by atoms with Crippen molar-refractivity contribution in [2.75, 3.05) is 32.1 Å². The first-order valence-electron chi connectivity index (χ1n) is 10.4. The van der Waals surface area contributed by atoms with E-state index in [1.807, 2.05) is 12.1 Å². The van der Waals surface area contributed by atoms with E-state index >= 15 is 0 Å². The Morgan fingerprint density at radius 2 is 1.86 bits per heavy atom. The number of nitrogens with one attached hydrogen (secondary N) is 2. The number of aromatic nitrogens is 1. The lowest BCUT2D eigenvalue weighted by Gasteiger charge is -2.19. The van der Waals surface area contributed by atoms with Gasteiger partial charge < -0.3 is 15.0 Å². The van der Waals surface area contributed by atoms with E-state index in [-0.39, 0.29) is 0 Å². The van der Waals surface area contributed by atoms with Gasteiger partial charge >= 0.3 is 0 Å². The molecule has 3 aromatic rings. The summed E-state index contributed by atoms with van der Waals surface area (Å²) < 4.78 is 5.59. The molecule has 29 heavy (non-hydrogen) atoms. The fourth-order valence-electron chi connectivity index (χ4n) is 4.48. The van der Waals surface area contributed by atoms with E-state index in [1.165, 1.54) is 48.2 Å². The van der Waals surface area contributed by atoms with Crippen LogP contribution in [0.25, 0.3) is 22.8 Å². The maximum absolute atomic E-state index is 5.59. The molecule has 4 nitrogen and oxygen atoms in total. The Hall–Kier alpha value is -2.98. The van der Waals surface area contributed by atoms with Crippen LogP contribution in [0.15, 0.2) is 54.7 Å². The van der Waals surface area contributed by atoms with E-state index in [0.29, 0.717) is 0 Å². The van der Waals surface area contributed by atoms with Gasteiger partial charge in [-0.25, -0.2) is 0 Å². The molecule has 2 N–H and O–H groups in total. The quantitative estimate of drug-likeness (QED) is 0.630. The molecule has 0 saturated carbocycles. The lowest BCUT2D eigenvalue weighted by molar-refractivity contribution is 0.331. The molecule has 0 aliphatic carbocycles. The fourth-order valence-corrected chi connectivity index (χ4v) is 4.48. The number of hydrogen-bond acceptors (Lipinski definition) is 3. The van der Waals surface area contributed by atoms with Crippen molar-refractivity contribution < 1.29 is 4.74 Å². The summed E-state index contributed by atoms with van der Waals surface area (Å²) >= 11 is 0. The van der Waals surface area contributed by atoms with Crippen molar-refractivity contribution in [1.29, 1.82) is 0 Å². The standard InChI is InChI=1S/C25H27N3O/c1-29-24-10-3-2-9-21(24)23-16-27-25-22(23)14-20(15-26-25)19-8-6-7-18(13-19)17-28-11-4-5-12-28/h2-3,6-10,13-14,16,26-27H,4-5,11-12,15,17H2,1H3. The van der Waals surface area contributed by atoms with Gasteiger partial charge in [-0.1, -0.05) is 42.5 Å². The van der Waals surface area contributed by atoms with Gasteiger partial charge in [-0.2, -0.15) is 0 Å². The first-order valence-corrected chi connectivity index (χ1v) is 10.4. The zero-order valence-corrected chi connectivity index (χ0v) is 16.9. The maximum atomic E-state index is 5.59. The van der Waals surface area contributed by atoms with Crippen LogP contribution in [-0.2, 0) is 6.54 Å². The van der Waals surface area contributed by atoms with Crippen LogP contribution < -0.4 is 10.1 Å². The number of anilines is 1. The van der Waals surface area contributed by atoms with E-state index in [9.17, 15) is 0 Å². The summed E-state index contributed by atoms with van der Waals surface area (Å²) in [5.41, 5.74) is 7.48. The number of methoxy groups -OCH3 is 1. The van der Waals surface area contributed by atoms with Crippen molar-refractivity contribution in [2.24, 2.45) is 0 Å². The third-order valence-corrected chi connectivity index (χ3v) is 5.99. The van der Waals surface area contributed by atoms with Gasteiger partial charge in [0.2, 0.25) is 0 Å². The normalized spacial score (nSPS) is 16.2. The number of nitrogens with zero attached hydrogens (tertiary/aromatic N) is 1. The first kappa shape index (κ1) is 18.1. The van der Waals surface area contributed by atoms with Crippen LogP contribution in [0.1, 0.15) is 29.5 Å². The van der Waals surface area contributed by atoms with Crippen molar-refractivity contribution in [3.05, 3.63) is 71.4 Å². The number of aromatic amines is 1. The molecule has 2 aliphatic rings. The highest BCUT2D eigenvalue weighted by atomic mass is 16.5. The molecule has 1 saturated heterocycles. The smallest absolute Gasteiger partial charge is 0.126 e. The molecule has 0 amide bonds. The molecule has 148 valence electrons. The lowest BCUT2D eigenvalue weighted by atomic mass is 9.95. The number of fused-ring (bicyclic) bond motifs is 1. The van der Waals surface area contributed by atoms with Crippen molar-refractivity contribution in [1.82, 2.24) is 9.88 Å². The molecular formula is C25H27N3O. The summed E-state index contributed by atoms with van der Waals surface area (Å²) in [4.78, 5) is 5.94. The Morgan fingerprint density at radius 3 is 2.72 bits per heavy atom. The second-order valence-corrected chi connectivity index (χ2v) is 7.90. The Kier molecular flexibility index (Phi) is 4.86. The third kappa shape index (κ3) is 3.56. The van der Waals surface area contributed by atoms with Crippen LogP contribution in [-0.4, -0.2) is 36.6 Å². The predicted octanol–water partition coefficient (Wildman–Crippen LogP) is 5.25. The zero-order valence-electron chi connectivity index (χ0n) is 16.9. The van der Waals surface area contributed by atoms with Crippen LogP contribution >= 0.6 is 0 Å². The minimum Gasteiger partial charge on any atom is -0.496 e. The van der Waals surface area contributed by atoms with Crippen LogP contribution in [0.4, 0.5) is 5.82 Å². The summed E-state index contributed by atoms with van der Waals surface area (Å²) in [6.45, 7) is 4.33. The van der Waals surface area contributed by atoms with Crippen LogP contribution in [0.2, 0.25) is 0 Å². The van der Waals surface area contributed by atoms with Gasteiger partial charge in [-0.15, -0.1) is 0 Å². The molecule has 0 bridgehead atoms. The van der Waals surface area contributed by atoms with Crippen LogP contribution in [0.3, 0.4) is 0 Å². The van der Waals surface area contributed by atoms with E-state index < -0.39 is 0 Å². The van der Waals surface area contributed by atoms with E-state index in [0.717, 1.165) is 35.8 Å². The molecule has 5 rings (SSSR count). The number of ether oxygens (including phenoxy) is 1. The molecule has 0 spiro atoms. The number of H-pyrrole nitrogens is 1. The zero-order chi connectivity index (χ0) is 19.6. The molecule has 2 aliphatic heterocycles. The van der Waals surface area contributed by atoms with Crippen molar-refractivity contribution in [3.8, 4) is 16.9 Å². The van der Waals surface area contributed by atoms with Crippen molar-refractivity contribution in [3.63, 3.8) is 0 Å². The molecule has 2 aromatic carbocycles. The van der Waals surface area contributed by atoms with Gasteiger partial charge in [-0.3, -0.25) is 4.90 Å². The number of likely N-dealkylation sites (tertiary alicyclic amines) is 1. The monoisotopic (exact) mass is 385 g/mol. The summed E-state index contributed by atoms with van der Waals surface area (Å²) in [7, 11) is 1.73. The fraction of sp³-hybridized carbons (Fsp3) is 0.280. The van der Waals surface area contributed by atoms with Crippen molar-refractivity contribution in [2.45, 2.75) is 19.4 Å². The van der Waals surface area contributed by atoms with Crippen molar-refractivity contribution >= 4 is 17.5 Å². The van der Waals surface area contributed by atoms with Gasteiger partial charge in [-0.05, 0) is 54.8 Å². The van der Waals surface area contributed by atoms with Gasteiger partial charge in [0.1, 0.15) is 11.6 Å². The Bertz CT molecular complexity index is 1040. The Labute approximate surface area is 172 Å². The maximum Gasteiger partial charge on any atom is 0.126 e. The second kappa shape index (κ2) is 7.80. The van der Waals surface area contributed by atoms with E-state index in [1.54, 1.807) is 7.11 Å². The van der Waals surface area contributed by atoms with Gasteiger partial charge in [0.25, 0.3) is 0 Å². The molecule has 1 aromatic heterocycles. The Morgan fingerprint density at radius 1 is 1.00 bits per heavy atom. The minimum atomic E-state index is 0.825. The first-order chi connectivity index (χ1) is 14.3. The van der Waals surface area contributed by atoms with Gasteiger partial charge in [0.05, 0.1) is 7.11 Å². The molecular weight excluding hydrogens is 358 g/mol. The largest absolute Gasteiger partial charge is 0.496 e. The Balaban J connectivity index is 1.48.